The van der Waals surface area contributed by atoms with Gasteiger partial charge in [-0.1, -0.05) is 16.8 Å². The summed E-state index contributed by atoms with van der Waals surface area (Å²) < 4.78 is 10.3. The fraction of sp³-hybridized carbons (Fsp3) is 0.333. The van der Waals surface area contributed by atoms with Gasteiger partial charge in [-0.2, -0.15) is 5.21 Å². The van der Waals surface area contributed by atoms with Crippen molar-refractivity contribution in [3.8, 4) is 11.5 Å². The molecule has 1 aromatic carbocycles. The summed E-state index contributed by atoms with van der Waals surface area (Å²) in [5.41, 5.74) is 0.341. The fourth-order valence-electron chi connectivity index (χ4n) is 1.75. The normalized spacial score (nSPS) is 11.8. The van der Waals surface area contributed by atoms with Gasteiger partial charge in [-0.05, 0) is 19.1 Å². The third-order valence-corrected chi connectivity index (χ3v) is 3.07. The van der Waals surface area contributed by atoms with Crippen LogP contribution in [0.4, 0.5) is 0 Å². The zero-order valence-corrected chi connectivity index (χ0v) is 12.4. The number of aromatic nitrogens is 4. The molecule has 0 saturated heterocycles. The Bertz CT molecular complexity index is 632. The van der Waals surface area contributed by atoms with Crippen molar-refractivity contribution < 1.29 is 14.3 Å². The smallest absolute Gasteiger partial charge is 0.252 e. The Hall–Kier alpha value is -2.35. The van der Waals surface area contributed by atoms with Crippen molar-refractivity contribution in [1.29, 1.82) is 0 Å². The summed E-state index contributed by atoms with van der Waals surface area (Å²) in [5, 5.41) is 16.4. The van der Waals surface area contributed by atoms with Gasteiger partial charge in [-0.15, -0.1) is 10.2 Å². The van der Waals surface area contributed by atoms with Crippen molar-refractivity contribution in [2.75, 3.05) is 14.2 Å². The first kappa shape index (κ1) is 15.0. The number of hydrogen-bond acceptors (Lipinski definition) is 6. The van der Waals surface area contributed by atoms with Crippen LogP contribution in [0.1, 0.15) is 29.1 Å². The number of rotatable bonds is 5. The minimum atomic E-state index is -0.400. The number of aromatic amines is 1. The number of amides is 1. The second-order valence-electron chi connectivity index (χ2n) is 4.16. The molecule has 1 atom stereocenters. The summed E-state index contributed by atoms with van der Waals surface area (Å²) in [6.07, 6.45) is 0. The van der Waals surface area contributed by atoms with Crippen LogP contribution in [0.5, 0.6) is 11.5 Å². The van der Waals surface area contributed by atoms with Crippen LogP contribution in [0.2, 0.25) is 5.02 Å². The van der Waals surface area contributed by atoms with Crippen molar-refractivity contribution in [3.63, 3.8) is 0 Å². The number of halogens is 1. The summed E-state index contributed by atoms with van der Waals surface area (Å²) in [5.74, 6) is 0.800. The van der Waals surface area contributed by atoms with E-state index in [1.54, 1.807) is 13.0 Å². The summed E-state index contributed by atoms with van der Waals surface area (Å²) in [6.45, 7) is 1.74. The number of carbonyl (C=O) groups is 1. The molecule has 0 aliphatic carbocycles. The van der Waals surface area contributed by atoms with Gasteiger partial charge in [0, 0.05) is 5.56 Å². The lowest BCUT2D eigenvalue weighted by molar-refractivity contribution is 0.0938. The average Bonchev–Trinajstić information content (AvgIpc) is 3.00. The number of carbonyl (C=O) groups excluding carboxylic acids is 1. The number of H-pyrrole nitrogens is 1. The fourth-order valence-corrected chi connectivity index (χ4v) is 2.03. The number of nitrogens with zero attached hydrogens (tertiary/aromatic N) is 3. The van der Waals surface area contributed by atoms with Gasteiger partial charge in [0.1, 0.15) is 0 Å². The molecule has 1 heterocycles. The van der Waals surface area contributed by atoms with Gasteiger partial charge in [-0.3, -0.25) is 4.79 Å². The van der Waals surface area contributed by atoms with Crippen LogP contribution in [-0.2, 0) is 0 Å². The largest absolute Gasteiger partial charge is 0.493 e. The molecule has 0 bridgehead atoms. The zero-order valence-electron chi connectivity index (χ0n) is 11.7. The van der Waals surface area contributed by atoms with Crippen molar-refractivity contribution in [2.24, 2.45) is 0 Å². The maximum absolute atomic E-state index is 12.2. The molecule has 0 saturated carbocycles. The summed E-state index contributed by atoms with van der Waals surface area (Å²) in [7, 11) is 2.94. The van der Waals surface area contributed by atoms with Gasteiger partial charge < -0.3 is 14.8 Å². The molecule has 1 amide bonds. The SMILES string of the molecule is COc1cc(C(=O)NC(C)c2nn[nH]n2)cc(Cl)c1OC. The Morgan fingerprint density at radius 2 is 2.14 bits per heavy atom. The Morgan fingerprint density at radius 3 is 2.71 bits per heavy atom. The van der Waals surface area contributed by atoms with Crippen LogP contribution in [-0.4, -0.2) is 40.8 Å². The Morgan fingerprint density at radius 1 is 1.38 bits per heavy atom. The van der Waals surface area contributed by atoms with Crippen LogP contribution in [0, 0.1) is 0 Å². The van der Waals surface area contributed by atoms with Crippen molar-refractivity contribution in [2.45, 2.75) is 13.0 Å². The maximum Gasteiger partial charge on any atom is 0.252 e. The molecule has 2 aromatic rings. The van der Waals surface area contributed by atoms with E-state index in [-0.39, 0.29) is 10.9 Å². The van der Waals surface area contributed by atoms with E-state index in [9.17, 15) is 4.79 Å². The molecule has 112 valence electrons. The number of nitrogens with one attached hydrogen (secondary N) is 2. The molecule has 0 aliphatic rings. The van der Waals surface area contributed by atoms with E-state index >= 15 is 0 Å². The zero-order chi connectivity index (χ0) is 15.4. The van der Waals surface area contributed by atoms with Crippen LogP contribution in [0.25, 0.3) is 0 Å². The number of methoxy groups -OCH3 is 2. The molecule has 1 aromatic heterocycles. The van der Waals surface area contributed by atoms with Gasteiger partial charge in [-0.25, -0.2) is 0 Å². The van der Waals surface area contributed by atoms with Crippen LogP contribution >= 0.6 is 11.6 Å². The van der Waals surface area contributed by atoms with Crippen molar-refractivity contribution in [1.82, 2.24) is 25.9 Å². The molecule has 21 heavy (non-hydrogen) atoms. The monoisotopic (exact) mass is 311 g/mol. The summed E-state index contributed by atoms with van der Waals surface area (Å²) in [4.78, 5) is 12.2. The third kappa shape index (κ3) is 3.22. The topological polar surface area (TPSA) is 102 Å². The van der Waals surface area contributed by atoms with Crippen LogP contribution in [0.15, 0.2) is 12.1 Å². The molecule has 0 spiro atoms. The first-order valence-electron chi connectivity index (χ1n) is 6.02. The quantitative estimate of drug-likeness (QED) is 0.864. The van der Waals surface area contributed by atoms with Gasteiger partial charge in [0.25, 0.3) is 5.91 Å². The van der Waals surface area contributed by atoms with E-state index in [1.807, 2.05) is 0 Å². The molecule has 0 fully saturated rings. The maximum atomic E-state index is 12.2. The highest BCUT2D eigenvalue weighted by atomic mass is 35.5. The van der Waals surface area contributed by atoms with Crippen LogP contribution < -0.4 is 14.8 Å². The van der Waals surface area contributed by atoms with Gasteiger partial charge in [0.15, 0.2) is 17.3 Å². The van der Waals surface area contributed by atoms with Gasteiger partial charge in [0.05, 0.1) is 25.3 Å². The van der Waals surface area contributed by atoms with Crippen molar-refractivity contribution in [3.05, 3.63) is 28.5 Å². The minimum absolute atomic E-state index is 0.286. The molecule has 1 unspecified atom stereocenters. The lowest BCUT2D eigenvalue weighted by Gasteiger charge is -2.13. The molecule has 0 aliphatic heterocycles. The highest BCUT2D eigenvalue weighted by Gasteiger charge is 2.18. The molecule has 9 heteroatoms. The van der Waals surface area contributed by atoms with Crippen molar-refractivity contribution >= 4 is 17.5 Å². The first-order chi connectivity index (χ1) is 10.1. The van der Waals surface area contributed by atoms with Gasteiger partial charge >= 0.3 is 0 Å². The van der Waals surface area contributed by atoms with Crippen LogP contribution in [0.3, 0.4) is 0 Å². The number of benzene rings is 1. The molecular formula is C12H14ClN5O3. The summed E-state index contributed by atoms with van der Waals surface area (Å²) in [6, 6.07) is 2.65. The predicted molar refractivity (Wildman–Crippen MR) is 74.6 cm³/mol. The second kappa shape index (κ2) is 6.40. The Kier molecular flexibility index (Phi) is 4.59. The Labute approximate surface area is 125 Å². The third-order valence-electron chi connectivity index (χ3n) is 2.79. The number of ether oxygens (including phenoxy) is 2. The van der Waals surface area contributed by atoms with E-state index in [4.69, 9.17) is 21.1 Å². The van der Waals surface area contributed by atoms with E-state index in [0.717, 1.165) is 0 Å². The number of tetrazole rings is 1. The van der Waals surface area contributed by atoms with E-state index < -0.39 is 6.04 Å². The van der Waals surface area contributed by atoms with Gasteiger partial charge in [0.2, 0.25) is 0 Å². The predicted octanol–water partition coefficient (Wildman–Crippen LogP) is 1.36. The molecule has 2 N–H and O–H groups in total. The first-order valence-corrected chi connectivity index (χ1v) is 6.40. The standard InChI is InChI=1S/C12H14ClN5O3/c1-6(11-15-17-18-16-11)14-12(19)7-4-8(13)10(21-3)9(5-7)20-2/h4-6H,1-3H3,(H,14,19)(H,15,16,17,18). The molecule has 8 nitrogen and oxygen atoms in total. The number of hydrogen-bond donors (Lipinski definition) is 2. The summed E-state index contributed by atoms with van der Waals surface area (Å²) >= 11 is 6.07. The molecular weight excluding hydrogens is 298 g/mol. The average molecular weight is 312 g/mol. The second-order valence-corrected chi connectivity index (χ2v) is 4.57. The minimum Gasteiger partial charge on any atom is -0.493 e. The lowest BCUT2D eigenvalue weighted by atomic mass is 10.1. The van der Waals surface area contributed by atoms with E-state index in [0.29, 0.717) is 22.9 Å². The molecule has 2 rings (SSSR count). The molecule has 0 radical (unpaired) electrons. The highest BCUT2D eigenvalue weighted by molar-refractivity contribution is 6.32. The highest BCUT2D eigenvalue weighted by Crippen LogP contribution is 2.36. The van der Waals surface area contributed by atoms with E-state index in [2.05, 4.69) is 25.9 Å². The lowest BCUT2D eigenvalue weighted by Crippen LogP contribution is -2.27. The van der Waals surface area contributed by atoms with E-state index in [1.165, 1.54) is 20.3 Å². The Balaban J connectivity index is 2.21.